The van der Waals surface area contributed by atoms with Crippen LogP contribution in [-0.4, -0.2) is 43.0 Å². The zero-order chi connectivity index (χ0) is 24.2. The van der Waals surface area contributed by atoms with Crippen LogP contribution >= 0.6 is 11.6 Å². The minimum Gasteiger partial charge on any atom is -0.391 e. The summed E-state index contributed by atoms with van der Waals surface area (Å²) in [7, 11) is -3.59. The third-order valence-electron chi connectivity index (χ3n) is 7.69. The molecule has 6 nitrogen and oxygen atoms in total. The van der Waals surface area contributed by atoms with E-state index in [4.69, 9.17) is 11.6 Å². The third kappa shape index (κ3) is 4.63. The average molecular weight is 509 g/mol. The summed E-state index contributed by atoms with van der Waals surface area (Å²) in [5, 5.41) is 12.7. The highest BCUT2D eigenvalue weighted by molar-refractivity contribution is 7.89. The first-order chi connectivity index (χ1) is 15.4. The number of hydrogen-bond acceptors (Lipinski definition) is 4. The number of benzene rings is 1. The number of sulfonamides is 1. The van der Waals surface area contributed by atoms with Gasteiger partial charge in [-0.05, 0) is 69.4 Å². The Morgan fingerprint density at radius 2 is 1.91 bits per heavy atom. The Hall–Kier alpha value is -1.36. The van der Waals surface area contributed by atoms with Gasteiger partial charge in [0.1, 0.15) is 17.3 Å². The molecule has 0 spiro atoms. The fraction of sp³-hybridized carbons (Fsp3) is 0.682. The second kappa shape index (κ2) is 8.70. The predicted octanol–water partition coefficient (Wildman–Crippen LogP) is 3.53. The number of alkyl halides is 1. The van der Waals surface area contributed by atoms with Crippen molar-refractivity contribution in [3.63, 3.8) is 0 Å². The lowest BCUT2D eigenvalue weighted by molar-refractivity contribution is -0.127. The van der Waals surface area contributed by atoms with Crippen molar-refractivity contribution in [2.75, 3.05) is 5.75 Å². The number of amides is 1. The fourth-order valence-corrected chi connectivity index (χ4v) is 6.89. The van der Waals surface area contributed by atoms with Crippen molar-refractivity contribution >= 4 is 27.5 Å². The quantitative estimate of drug-likeness (QED) is 0.491. The maximum atomic E-state index is 15.0. The van der Waals surface area contributed by atoms with Crippen LogP contribution in [0.5, 0.6) is 0 Å². The van der Waals surface area contributed by atoms with Crippen LogP contribution in [0.3, 0.4) is 0 Å². The standard InChI is InChI=1S/C22H28ClF3N2O4S/c1-2-33(31,32)28-15-9-12(10-16(15)29)20(30)27-19(17-14(24)4-3-13(23)18(17)25)21-5-7-22(26,11-21)8-6-21/h3-4,12,15-16,19,28-29H,2,5-11H2,1H3,(H,27,30)/t12?,15-,16+,19-,21?,22?/m1/s1. The normalized spacial score (nSPS) is 34.5. The van der Waals surface area contributed by atoms with Crippen LogP contribution in [0.2, 0.25) is 5.02 Å². The molecule has 4 atom stereocenters. The Labute approximate surface area is 196 Å². The average Bonchev–Trinajstić information content (AvgIpc) is 3.41. The number of fused-ring (bicyclic) bond motifs is 2. The SMILES string of the molecule is CCS(=O)(=O)N[C@@H]1CC(C(=O)N[C@H](c2c(F)ccc(Cl)c2F)C23CCC(F)(CC2)C3)C[C@@H]1O. The number of carbonyl (C=O) groups is 1. The van der Waals surface area contributed by atoms with Gasteiger partial charge in [-0.25, -0.2) is 26.3 Å². The lowest BCUT2D eigenvalue weighted by Gasteiger charge is -2.37. The number of halogens is 4. The number of aliphatic hydroxyl groups is 1. The van der Waals surface area contributed by atoms with Gasteiger partial charge < -0.3 is 10.4 Å². The van der Waals surface area contributed by atoms with Crippen LogP contribution in [0, 0.1) is 23.0 Å². The molecule has 3 aliphatic rings. The summed E-state index contributed by atoms with van der Waals surface area (Å²) in [5.41, 5.74) is -2.65. The van der Waals surface area contributed by atoms with Crippen molar-refractivity contribution in [3.05, 3.63) is 34.4 Å². The Morgan fingerprint density at radius 3 is 2.48 bits per heavy atom. The Kier molecular flexibility index (Phi) is 6.52. The maximum Gasteiger partial charge on any atom is 0.223 e. The molecule has 1 amide bonds. The van der Waals surface area contributed by atoms with Crippen LogP contribution in [0.4, 0.5) is 13.2 Å². The van der Waals surface area contributed by atoms with Crippen LogP contribution in [0.1, 0.15) is 63.5 Å². The van der Waals surface area contributed by atoms with Crippen molar-refractivity contribution in [1.29, 1.82) is 0 Å². The van der Waals surface area contributed by atoms with E-state index in [1.165, 1.54) is 6.92 Å². The molecule has 3 aliphatic carbocycles. The van der Waals surface area contributed by atoms with E-state index in [0.717, 1.165) is 12.1 Å². The Morgan fingerprint density at radius 1 is 1.24 bits per heavy atom. The van der Waals surface area contributed by atoms with Gasteiger partial charge in [0, 0.05) is 17.5 Å². The van der Waals surface area contributed by atoms with Crippen molar-refractivity contribution in [3.8, 4) is 0 Å². The monoisotopic (exact) mass is 508 g/mol. The first-order valence-corrected chi connectivity index (χ1v) is 13.2. The van der Waals surface area contributed by atoms with Gasteiger partial charge in [0.2, 0.25) is 15.9 Å². The van der Waals surface area contributed by atoms with E-state index >= 15 is 4.39 Å². The molecule has 3 saturated carbocycles. The second-order valence-electron chi connectivity index (χ2n) is 9.75. The summed E-state index contributed by atoms with van der Waals surface area (Å²) < 4.78 is 71.0. The van der Waals surface area contributed by atoms with E-state index in [-0.39, 0.29) is 48.4 Å². The Balaban J connectivity index is 1.61. The molecule has 0 saturated heterocycles. The van der Waals surface area contributed by atoms with Crippen molar-refractivity contribution in [2.24, 2.45) is 11.3 Å². The number of nitrogens with one attached hydrogen (secondary N) is 2. The molecule has 2 bridgehead atoms. The second-order valence-corrected chi connectivity index (χ2v) is 12.2. The van der Waals surface area contributed by atoms with E-state index in [0.29, 0.717) is 12.8 Å². The van der Waals surface area contributed by atoms with Crippen LogP contribution in [-0.2, 0) is 14.8 Å². The topological polar surface area (TPSA) is 95.5 Å². The molecule has 1 aromatic rings. The highest BCUT2D eigenvalue weighted by Crippen LogP contribution is 2.63. The number of hydrogen-bond donors (Lipinski definition) is 3. The highest BCUT2D eigenvalue weighted by atomic mass is 35.5. The van der Waals surface area contributed by atoms with Crippen molar-refractivity contribution in [2.45, 2.75) is 75.7 Å². The van der Waals surface area contributed by atoms with Gasteiger partial charge in [-0.1, -0.05) is 11.6 Å². The third-order valence-corrected chi connectivity index (χ3v) is 9.40. The highest BCUT2D eigenvalue weighted by Gasteiger charge is 2.59. The lowest BCUT2D eigenvalue weighted by atomic mass is 9.74. The lowest BCUT2D eigenvalue weighted by Crippen LogP contribution is -2.43. The van der Waals surface area contributed by atoms with E-state index in [1.807, 2.05) is 0 Å². The molecule has 3 fully saturated rings. The van der Waals surface area contributed by atoms with Crippen molar-refractivity contribution < 1.29 is 31.5 Å². The molecular weight excluding hydrogens is 481 g/mol. The largest absolute Gasteiger partial charge is 0.391 e. The van der Waals surface area contributed by atoms with Crippen LogP contribution in [0.15, 0.2) is 12.1 Å². The fourth-order valence-electron chi connectivity index (χ4n) is 5.84. The molecule has 0 heterocycles. The van der Waals surface area contributed by atoms with Gasteiger partial charge in [0.15, 0.2) is 0 Å². The van der Waals surface area contributed by atoms with Crippen LogP contribution < -0.4 is 10.0 Å². The van der Waals surface area contributed by atoms with Crippen molar-refractivity contribution in [1.82, 2.24) is 10.0 Å². The molecule has 11 heteroatoms. The van der Waals surface area contributed by atoms with Gasteiger partial charge in [-0.15, -0.1) is 0 Å². The molecule has 1 aromatic carbocycles. The smallest absolute Gasteiger partial charge is 0.223 e. The Bertz CT molecular complexity index is 1050. The molecule has 4 rings (SSSR count). The molecular formula is C22H28ClF3N2O4S. The molecule has 0 aromatic heterocycles. The molecule has 184 valence electrons. The molecule has 0 aliphatic heterocycles. The van der Waals surface area contributed by atoms with E-state index in [1.54, 1.807) is 0 Å². The summed E-state index contributed by atoms with van der Waals surface area (Å²) in [6.45, 7) is 1.46. The van der Waals surface area contributed by atoms with Gasteiger partial charge in [0.05, 0.1) is 22.9 Å². The summed E-state index contributed by atoms with van der Waals surface area (Å²) in [5.74, 6) is -3.37. The van der Waals surface area contributed by atoms with E-state index in [2.05, 4.69) is 10.0 Å². The summed E-state index contributed by atoms with van der Waals surface area (Å²) in [4.78, 5) is 13.2. The molecule has 3 N–H and O–H groups in total. The summed E-state index contributed by atoms with van der Waals surface area (Å²) >= 11 is 5.91. The molecule has 1 unspecified atom stereocenters. The zero-order valence-electron chi connectivity index (χ0n) is 18.2. The maximum absolute atomic E-state index is 15.0. The first kappa shape index (κ1) is 24.8. The zero-order valence-corrected chi connectivity index (χ0v) is 19.8. The number of carbonyl (C=O) groups excluding carboxylic acids is 1. The number of rotatable bonds is 7. The number of aliphatic hydroxyl groups excluding tert-OH is 1. The summed E-state index contributed by atoms with van der Waals surface area (Å²) in [6, 6.07) is 0.149. The van der Waals surface area contributed by atoms with Gasteiger partial charge in [0.25, 0.3) is 0 Å². The molecule has 33 heavy (non-hydrogen) atoms. The van der Waals surface area contributed by atoms with Gasteiger partial charge >= 0.3 is 0 Å². The van der Waals surface area contributed by atoms with Gasteiger partial charge in [-0.3, -0.25) is 4.79 Å². The first-order valence-electron chi connectivity index (χ1n) is 11.2. The minimum absolute atomic E-state index is 0.00396. The van der Waals surface area contributed by atoms with E-state index in [9.17, 15) is 27.1 Å². The summed E-state index contributed by atoms with van der Waals surface area (Å²) in [6.07, 6.45) is 0.295. The van der Waals surface area contributed by atoms with Crippen LogP contribution in [0.25, 0.3) is 0 Å². The predicted molar refractivity (Wildman–Crippen MR) is 117 cm³/mol. The van der Waals surface area contributed by atoms with Gasteiger partial charge in [-0.2, -0.15) is 0 Å². The molecule has 0 radical (unpaired) electrons. The minimum atomic E-state index is -3.59. The van der Waals surface area contributed by atoms with E-state index < -0.39 is 62.8 Å².